The molecule has 8 rings (SSSR count). The summed E-state index contributed by atoms with van der Waals surface area (Å²) in [7, 11) is -4.05. The lowest BCUT2D eigenvalue weighted by Gasteiger charge is -2.45. The molecular formula is C45H53FN8O6S2. The Morgan fingerprint density at radius 1 is 1.00 bits per heavy atom. The van der Waals surface area contributed by atoms with Crippen LogP contribution in [0.15, 0.2) is 48.7 Å². The summed E-state index contributed by atoms with van der Waals surface area (Å²) < 4.78 is 41.1. The molecule has 14 nitrogen and oxygen atoms in total. The molecule has 2 atom stereocenters. The second-order valence-electron chi connectivity index (χ2n) is 17.3. The molecule has 4 amide bonds. The highest BCUT2D eigenvalue weighted by Crippen LogP contribution is 2.51. The van der Waals surface area contributed by atoms with Gasteiger partial charge in [0.1, 0.15) is 17.1 Å². The van der Waals surface area contributed by atoms with Gasteiger partial charge in [-0.3, -0.25) is 24.5 Å². The number of hydrogen-bond donors (Lipinski definition) is 3. The van der Waals surface area contributed by atoms with Gasteiger partial charge in [-0.1, -0.05) is 37.6 Å². The Morgan fingerprint density at radius 3 is 2.48 bits per heavy atom. The molecule has 0 bridgehead atoms. The topological polar surface area (TPSA) is 212 Å². The molecule has 328 valence electrons. The number of benzene rings is 2. The average molecular weight is 885 g/mol. The number of aryl methyl sites for hydroxylation is 1. The first-order valence-electron chi connectivity index (χ1n) is 21.7. The summed E-state index contributed by atoms with van der Waals surface area (Å²) in [5.41, 5.74) is 9.79. The fourth-order valence-electron chi connectivity index (χ4n) is 9.88. The number of likely N-dealkylation sites (tertiary alicyclic amines) is 1. The van der Waals surface area contributed by atoms with Crippen LogP contribution in [0.3, 0.4) is 0 Å². The number of carbonyl (C=O) groups is 4. The molecule has 2 aromatic carbocycles. The number of amides is 4. The third kappa shape index (κ3) is 9.02. The van der Waals surface area contributed by atoms with Crippen molar-refractivity contribution in [2.45, 2.75) is 121 Å². The van der Waals surface area contributed by atoms with Crippen molar-refractivity contribution in [3.8, 4) is 21.8 Å². The third-order valence-corrected chi connectivity index (χ3v) is 16.1. The number of nitrogens with zero attached hydrogens (tertiary/aromatic N) is 5. The lowest BCUT2D eigenvalue weighted by atomic mass is 9.65. The number of hydrogen-bond acceptors (Lipinski definition) is 11. The Bertz CT molecular complexity index is 2490. The lowest BCUT2D eigenvalue weighted by Crippen LogP contribution is -2.52. The van der Waals surface area contributed by atoms with Crippen molar-refractivity contribution in [3.63, 3.8) is 0 Å². The molecule has 4 aliphatic rings. The Balaban J connectivity index is 0.828. The summed E-state index contributed by atoms with van der Waals surface area (Å²) >= 11 is 1.46. The van der Waals surface area contributed by atoms with Crippen LogP contribution < -0.4 is 16.2 Å². The maximum Gasteiger partial charge on any atom is 0.255 e. The third-order valence-electron chi connectivity index (χ3n) is 13.5. The van der Waals surface area contributed by atoms with Crippen molar-refractivity contribution >= 4 is 50.9 Å². The maximum absolute atomic E-state index is 16.3. The zero-order valence-electron chi connectivity index (χ0n) is 34.9. The van der Waals surface area contributed by atoms with Crippen LogP contribution >= 0.6 is 11.3 Å². The molecule has 1 aliphatic carbocycles. The standard InChI is InChI=1S/C45H53FN8O6S2/c1-2-35(62(48,59)60)30-8-6-9-31(38(30)46)39-40(33-17-22-49-44(47)50-33)61-42(52-39)28-15-18-45(19-16-28)20-23-53(24-21-45)37(56)10-5-3-4-7-27-11-12-29-26-54(43(58)32(29)25-27)34-13-14-36(55)51-41(34)57/h6,8-9,11-12,17,22,25,28,34-35H,2-5,7,10,13-16,18-21,23-24,26H2,1H3,(H2,47,49,50)(H2,48,59,60)(H,51,55,57). The number of unbranched alkanes of at least 4 members (excludes halogenated alkanes) is 2. The zero-order valence-corrected chi connectivity index (χ0v) is 36.5. The van der Waals surface area contributed by atoms with Crippen molar-refractivity contribution in [2.75, 3.05) is 18.8 Å². The second-order valence-corrected chi connectivity index (χ2v) is 20.1. The minimum absolute atomic E-state index is 0.00825. The van der Waals surface area contributed by atoms with Crippen molar-refractivity contribution in [2.24, 2.45) is 10.6 Å². The van der Waals surface area contributed by atoms with E-state index in [4.69, 9.17) is 15.9 Å². The van der Waals surface area contributed by atoms with E-state index in [-0.39, 0.29) is 59.0 Å². The molecule has 5 heterocycles. The smallest absolute Gasteiger partial charge is 0.255 e. The number of primary sulfonamides is 1. The molecule has 2 saturated heterocycles. The summed E-state index contributed by atoms with van der Waals surface area (Å²) in [5, 5.41) is 7.53. The number of nitrogen functional groups attached to an aromatic ring is 1. The summed E-state index contributed by atoms with van der Waals surface area (Å²) in [4.78, 5) is 68.2. The SMILES string of the molecule is CCC(c1cccc(-c2nc(C3CCC4(CC3)CCN(C(=O)CCCCCc3ccc5c(c3)C(=O)N(C3CCC(=O)NC3=O)C5)CC4)sc2-c2ccnc(N)n2)c1F)S(N)(=O)=O. The van der Waals surface area contributed by atoms with Crippen molar-refractivity contribution in [3.05, 3.63) is 81.7 Å². The molecule has 2 unspecified atom stereocenters. The number of rotatable bonds is 13. The number of thiazole rings is 1. The van der Waals surface area contributed by atoms with Crippen molar-refractivity contribution in [1.82, 2.24) is 30.1 Å². The Hall–Kier alpha value is -5.13. The second kappa shape index (κ2) is 17.9. The van der Waals surface area contributed by atoms with Crippen LogP contribution in [0.2, 0.25) is 0 Å². The van der Waals surface area contributed by atoms with E-state index in [9.17, 15) is 27.6 Å². The number of nitrogens with two attached hydrogens (primary N) is 2. The largest absolute Gasteiger partial charge is 0.368 e. The minimum Gasteiger partial charge on any atom is -0.368 e. The van der Waals surface area contributed by atoms with Crippen LogP contribution in [0.4, 0.5) is 10.3 Å². The van der Waals surface area contributed by atoms with Gasteiger partial charge in [-0.25, -0.2) is 32.9 Å². The fraction of sp³-hybridized carbons (Fsp3) is 0.489. The van der Waals surface area contributed by atoms with E-state index in [1.165, 1.54) is 17.4 Å². The van der Waals surface area contributed by atoms with E-state index in [0.717, 1.165) is 93.4 Å². The number of sulfonamides is 1. The molecule has 1 saturated carbocycles. The number of nitrogens with one attached hydrogen (secondary N) is 1. The van der Waals surface area contributed by atoms with Crippen LogP contribution in [0, 0.1) is 11.2 Å². The van der Waals surface area contributed by atoms with E-state index >= 15 is 4.39 Å². The van der Waals surface area contributed by atoms with E-state index in [0.29, 0.717) is 41.2 Å². The van der Waals surface area contributed by atoms with Gasteiger partial charge in [0.25, 0.3) is 5.91 Å². The predicted octanol–water partition coefficient (Wildman–Crippen LogP) is 6.56. The van der Waals surface area contributed by atoms with Gasteiger partial charge in [0.2, 0.25) is 33.7 Å². The number of halogens is 1. The van der Waals surface area contributed by atoms with E-state index in [2.05, 4.69) is 15.3 Å². The highest BCUT2D eigenvalue weighted by atomic mass is 32.2. The normalized spacial score (nSPS) is 19.8. The van der Waals surface area contributed by atoms with Crippen molar-refractivity contribution in [1.29, 1.82) is 0 Å². The average Bonchev–Trinajstić information content (AvgIpc) is 3.83. The van der Waals surface area contributed by atoms with Gasteiger partial charge < -0.3 is 15.5 Å². The Labute approximate surface area is 365 Å². The number of anilines is 1. The lowest BCUT2D eigenvalue weighted by molar-refractivity contribution is -0.137. The molecule has 0 radical (unpaired) electrons. The van der Waals surface area contributed by atoms with Crippen LogP contribution in [-0.4, -0.2) is 75.9 Å². The number of aromatic nitrogens is 3. The highest BCUT2D eigenvalue weighted by molar-refractivity contribution is 7.89. The molecular weight excluding hydrogens is 832 g/mol. The molecule has 2 aromatic heterocycles. The first kappa shape index (κ1) is 43.5. The number of piperidine rings is 2. The zero-order chi connectivity index (χ0) is 43.8. The first-order chi connectivity index (χ1) is 29.7. The fourth-order valence-corrected chi connectivity index (χ4v) is 12.1. The van der Waals surface area contributed by atoms with E-state index in [1.807, 2.05) is 23.1 Å². The molecule has 1 spiro atoms. The van der Waals surface area contributed by atoms with Crippen molar-refractivity contribution < 1.29 is 32.0 Å². The van der Waals surface area contributed by atoms with Gasteiger partial charge in [-0.2, -0.15) is 0 Å². The maximum atomic E-state index is 16.3. The van der Waals surface area contributed by atoms with Gasteiger partial charge in [-0.05, 0) is 105 Å². The van der Waals surface area contributed by atoms with Gasteiger partial charge in [0, 0.05) is 61.3 Å². The van der Waals surface area contributed by atoms with Gasteiger partial charge in [0.05, 0.1) is 21.3 Å². The van der Waals surface area contributed by atoms with E-state index < -0.39 is 33.0 Å². The Kier molecular flexibility index (Phi) is 12.6. The molecule has 17 heteroatoms. The summed E-state index contributed by atoms with van der Waals surface area (Å²) in [6.45, 7) is 3.52. The summed E-state index contributed by atoms with van der Waals surface area (Å²) in [5.74, 6) is -1.12. The van der Waals surface area contributed by atoms with Gasteiger partial charge in [0.15, 0.2) is 0 Å². The number of fused-ring (bicyclic) bond motifs is 1. The molecule has 3 fully saturated rings. The summed E-state index contributed by atoms with van der Waals surface area (Å²) in [6, 6.07) is 11.7. The molecule has 4 aromatic rings. The first-order valence-corrected chi connectivity index (χ1v) is 24.1. The number of imide groups is 1. The molecule has 5 N–H and O–H groups in total. The monoisotopic (exact) mass is 884 g/mol. The molecule has 62 heavy (non-hydrogen) atoms. The van der Waals surface area contributed by atoms with Crippen LogP contribution in [-0.2, 0) is 37.4 Å². The van der Waals surface area contributed by atoms with Crippen LogP contribution in [0.1, 0.15) is 134 Å². The number of carbonyl (C=O) groups excluding carboxylic acids is 4. The van der Waals surface area contributed by atoms with Crippen LogP contribution in [0.5, 0.6) is 0 Å². The summed E-state index contributed by atoms with van der Waals surface area (Å²) in [6.07, 6.45) is 11.9. The predicted molar refractivity (Wildman–Crippen MR) is 233 cm³/mol. The quantitative estimate of drug-likeness (QED) is 0.0972. The van der Waals surface area contributed by atoms with Gasteiger partial charge >= 0.3 is 0 Å². The minimum atomic E-state index is -4.05. The van der Waals surface area contributed by atoms with E-state index in [1.54, 1.807) is 36.2 Å². The van der Waals surface area contributed by atoms with Crippen LogP contribution in [0.25, 0.3) is 21.8 Å². The molecule has 3 aliphatic heterocycles. The van der Waals surface area contributed by atoms with Gasteiger partial charge in [-0.15, -0.1) is 11.3 Å². The Morgan fingerprint density at radius 2 is 1.77 bits per heavy atom. The highest BCUT2D eigenvalue weighted by Gasteiger charge is 2.41.